The molecule has 4 rings (SSSR count). The quantitative estimate of drug-likeness (QED) is 0.528. The largest absolute Gasteiger partial charge is 0.368 e. The molecule has 0 aliphatic heterocycles. The minimum absolute atomic E-state index is 0. The summed E-state index contributed by atoms with van der Waals surface area (Å²) in [7, 11) is 5.55. The average Bonchev–Trinajstić information content (AvgIpc) is 3.47. The summed E-state index contributed by atoms with van der Waals surface area (Å²) in [5.74, 6) is 0.624. The van der Waals surface area contributed by atoms with Crippen molar-refractivity contribution in [3.63, 3.8) is 0 Å². The fraction of sp³-hybridized carbons (Fsp3) is 0.409. The van der Waals surface area contributed by atoms with Crippen molar-refractivity contribution in [3.05, 3.63) is 47.9 Å². The van der Waals surface area contributed by atoms with Crippen molar-refractivity contribution in [2.45, 2.75) is 12.8 Å². The Kier molecular flexibility index (Phi) is 8.83. The number of nitrogens with zero attached hydrogens (tertiary/aromatic N) is 5. The van der Waals surface area contributed by atoms with Gasteiger partial charge in [0.25, 0.3) is 5.91 Å². The highest BCUT2D eigenvalue weighted by atomic mass is 35.5. The van der Waals surface area contributed by atoms with Crippen molar-refractivity contribution >= 4 is 42.2 Å². The Morgan fingerprint density at radius 1 is 1.16 bits per heavy atom. The van der Waals surface area contributed by atoms with E-state index in [9.17, 15) is 9.18 Å². The van der Waals surface area contributed by atoms with Crippen LogP contribution in [0.25, 0.3) is 16.9 Å². The number of likely N-dealkylation sites (N-methyl/N-ethyl adjacent to an activating group) is 2. The number of anilines is 1. The average molecular weight is 483 g/mol. The van der Waals surface area contributed by atoms with Crippen molar-refractivity contribution in [2.24, 2.45) is 5.92 Å². The number of halogens is 3. The van der Waals surface area contributed by atoms with Gasteiger partial charge in [-0.15, -0.1) is 29.9 Å². The first kappa shape index (κ1) is 25.8. The number of nitrogens with one attached hydrogen (secondary N) is 1. The van der Waals surface area contributed by atoms with Gasteiger partial charge in [-0.2, -0.15) is 0 Å². The zero-order valence-corrected chi connectivity index (χ0v) is 20.0. The number of carbonyl (C=O) groups excluding carboxylic acids is 1. The molecule has 2 heterocycles. The fourth-order valence-corrected chi connectivity index (χ4v) is 3.24. The highest BCUT2D eigenvalue weighted by molar-refractivity contribution is 5.94. The molecule has 0 unspecified atom stereocenters. The van der Waals surface area contributed by atoms with E-state index in [4.69, 9.17) is 0 Å². The standard InChI is InChI=1S/C22H27FN6O.2ClH/c1-27(2)10-11-28(3)22(30)17-7-6-16(12-18(17)23)19-14-25-21-9-8-20(26-29(19)21)24-13-15-4-5-15;;/h6-9,12,14-15H,4-5,10-11,13H2,1-3H3,(H,24,26);2*1H. The summed E-state index contributed by atoms with van der Waals surface area (Å²) < 4.78 is 16.5. The lowest BCUT2D eigenvalue weighted by Gasteiger charge is -2.20. The number of hydrogen-bond donors (Lipinski definition) is 1. The second-order valence-corrected chi connectivity index (χ2v) is 8.18. The lowest BCUT2D eigenvalue weighted by molar-refractivity contribution is 0.0781. The van der Waals surface area contributed by atoms with Crippen molar-refractivity contribution in [3.8, 4) is 11.3 Å². The third-order valence-corrected chi connectivity index (χ3v) is 5.36. The molecule has 7 nitrogen and oxygen atoms in total. The third kappa shape index (κ3) is 5.88. The molecule has 0 atom stereocenters. The Hall–Kier alpha value is -2.42. The van der Waals surface area contributed by atoms with E-state index in [1.807, 2.05) is 31.1 Å². The minimum atomic E-state index is -0.549. The van der Waals surface area contributed by atoms with E-state index in [0.29, 0.717) is 30.0 Å². The number of hydrogen-bond acceptors (Lipinski definition) is 5. The van der Waals surface area contributed by atoms with E-state index < -0.39 is 5.82 Å². The Bertz CT molecular complexity index is 1070. The molecule has 1 aliphatic rings. The number of fused-ring (bicyclic) bond motifs is 1. The summed E-state index contributed by atoms with van der Waals surface area (Å²) in [5.41, 5.74) is 2.05. The predicted molar refractivity (Wildman–Crippen MR) is 130 cm³/mol. The zero-order chi connectivity index (χ0) is 21.3. The van der Waals surface area contributed by atoms with Gasteiger partial charge in [0.2, 0.25) is 0 Å². The number of aromatic nitrogens is 3. The van der Waals surface area contributed by atoms with Crippen LogP contribution < -0.4 is 5.32 Å². The van der Waals surface area contributed by atoms with Gasteiger partial charge in [-0.05, 0) is 57.1 Å². The van der Waals surface area contributed by atoms with Gasteiger partial charge in [0.05, 0.1) is 17.5 Å². The molecule has 0 spiro atoms. The first-order valence-electron chi connectivity index (χ1n) is 10.2. The van der Waals surface area contributed by atoms with Crippen LogP contribution in [0, 0.1) is 11.7 Å². The Morgan fingerprint density at radius 2 is 1.91 bits per heavy atom. The molecule has 0 bridgehead atoms. The molecule has 0 radical (unpaired) electrons. The first-order valence-corrected chi connectivity index (χ1v) is 10.2. The molecule has 1 aliphatic carbocycles. The van der Waals surface area contributed by atoms with Crippen LogP contribution >= 0.6 is 24.8 Å². The van der Waals surface area contributed by atoms with E-state index in [0.717, 1.165) is 18.3 Å². The van der Waals surface area contributed by atoms with Gasteiger partial charge in [-0.1, -0.05) is 6.07 Å². The van der Waals surface area contributed by atoms with E-state index in [-0.39, 0.29) is 36.3 Å². The van der Waals surface area contributed by atoms with Crippen molar-refractivity contribution in [2.75, 3.05) is 46.1 Å². The van der Waals surface area contributed by atoms with Gasteiger partial charge in [0.1, 0.15) is 11.6 Å². The monoisotopic (exact) mass is 482 g/mol. The van der Waals surface area contributed by atoms with Gasteiger partial charge >= 0.3 is 0 Å². The van der Waals surface area contributed by atoms with Crippen LogP contribution in [0.1, 0.15) is 23.2 Å². The van der Waals surface area contributed by atoms with Gasteiger partial charge in [0, 0.05) is 32.2 Å². The van der Waals surface area contributed by atoms with E-state index >= 15 is 0 Å². The van der Waals surface area contributed by atoms with E-state index in [2.05, 4.69) is 15.4 Å². The number of carbonyl (C=O) groups is 1. The summed E-state index contributed by atoms with van der Waals surface area (Å²) in [4.78, 5) is 20.5. The molecular formula is C22H29Cl2FN6O. The molecule has 1 amide bonds. The van der Waals surface area contributed by atoms with Crippen LogP contribution in [0.15, 0.2) is 36.5 Å². The van der Waals surface area contributed by atoms with Crippen LogP contribution in [0.2, 0.25) is 0 Å². The Labute approximate surface area is 199 Å². The lowest BCUT2D eigenvalue weighted by Crippen LogP contribution is -2.33. The first-order chi connectivity index (χ1) is 14.4. The Morgan fingerprint density at radius 3 is 2.56 bits per heavy atom. The number of imidazole rings is 1. The fourth-order valence-electron chi connectivity index (χ4n) is 3.24. The van der Waals surface area contributed by atoms with E-state index in [1.54, 1.807) is 23.8 Å². The maximum atomic E-state index is 14.8. The smallest absolute Gasteiger partial charge is 0.256 e. The van der Waals surface area contributed by atoms with Crippen LogP contribution in [-0.4, -0.2) is 71.1 Å². The Balaban J connectivity index is 0.00000181. The van der Waals surface area contributed by atoms with Crippen molar-refractivity contribution in [1.82, 2.24) is 24.4 Å². The summed E-state index contributed by atoms with van der Waals surface area (Å²) >= 11 is 0. The van der Waals surface area contributed by atoms with Crippen molar-refractivity contribution < 1.29 is 9.18 Å². The van der Waals surface area contributed by atoms with Gasteiger partial charge < -0.3 is 15.1 Å². The molecule has 32 heavy (non-hydrogen) atoms. The van der Waals surface area contributed by atoms with Gasteiger partial charge in [0.15, 0.2) is 5.65 Å². The van der Waals surface area contributed by atoms with Crippen LogP contribution in [0.3, 0.4) is 0 Å². The third-order valence-electron chi connectivity index (χ3n) is 5.36. The molecule has 2 aromatic heterocycles. The van der Waals surface area contributed by atoms with Crippen molar-refractivity contribution in [1.29, 1.82) is 0 Å². The number of benzene rings is 1. The summed E-state index contributed by atoms with van der Waals surface area (Å²) in [6.07, 6.45) is 4.20. The SMILES string of the molecule is CN(C)CCN(C)C(=O)c1ccc(-c2cnc3ccc(NCC4CC4)nn23)cc1F.Cl.Cl. The highest BCUT2D eigenvalue weighted by Gasteiger charge is 2.21. The van der Waals surface area contributed by atoms with Crippen LogP contribution in [0.5, 0.6) is 0 Å². The predicted octanol–water partition coefficient (Wildman–Crippen LogP) is 3.83. The minimum Gasteiger partial charge on any atom is -0.368 e. The molecule has 1 saturated carbocycles. The topological polar surface area (TPSA) is 65.8 Å². The van der Waals surface area contributed by atoms with E-state index in [1.165, 1.54) is 29.9 Å². The molecule has 10 heteroatoms. The second kappa shape index (κ2) is 10.9. The summed E-state index contributed by atoms with van der Waals surface area (Å²) in [6.45, 7) is 2.16. The number of amides is 1. The molecule has 1 aromatic carbocycles. The molecule has 1 fully saturated rings. The normalized spacial score (nSPS) is 12.9. The maximum Gasteiger partial charge on any atom is 0.256 e. The van der Waals surface area contributed by atoms with Crippen LogP contribution in [-0.2, 0) is 0 Å². The summed E-state index contributed by atoms with van der Waals surface area (Å²) in [5, 5.41) is 7.96. The number of rotatable bonds is 8. The zero-order valence-electron chi connectivity index (χ0n) is 18.4. The maximum absolute atomic E-state index is 14.8. The summed E-state index contributed by atoms with van der Waals surface area (Å²) in [6, 6.07) is 8.45. The molecule has 0 saturated heterocycles. The van der Waals surface area contributed by atoms with Gasteiger partial charge in [-0.25, -0.2) is 13.9 Å². The second-order valence-electron chi connectivity index (χ2n) is 8.18. The molecular weight excluding hydrogens is 454 g/mol. The molecule has 174 valence electrons. The lowest BCUT2D eigenvalue weighted by atomic mass is 10.1. The van der Waals surface area contributed by atoms with Crippen LogP contribution in [0.4, 0.5) is 10.2 Å². The van der Waals surface area contributed by atoms with Gasteiger partial charge in [-0.3, -0.25) is 4.79 Å². The molecule has 1 N–H and O–H groups in total. The molecule has 3 aromatic rings. The highest BCUT2D eigenvalue weighted by Crippen LogP contribution is 2.29.